The van der Waals surface area contributed by atoms with E-state index in [1.165, 1.54) is 16.8 Å². The van der Waals surface area contributed by atoms with Crippen LogP contribution in [-0.2, 0) is 6.18 Å². The average molecular weight is 438 g/mol. The van der Waals surface area contributed by atoms with E-state index in [0.29, 0.717) is 22.7 Å². The van der Waals surface area contributed by atoms with Crippen LogP contribution in [0.2, 0.25) is 0 Å². The monoisotopic (exact) mass is 438 g/mol. The van der Waals surface area contributed by atoms with Crippen molar-refractivity contribution >= 4 is 17.6 Å². The van der Waals surface area contributed by atoms with Gasteiger partial charge >= 0.3 is 12.3 Å². The number of carbonyl (C=O) groups excluding carboxylic acids is 1. The van der Waals surface area contributed by atoms with Gasteiger partial charge in [0.15, 0.2) is 5.82 Å². The van der Waals surface area contributed by atoms with Gasteiger partial charge in [-0.3, -0.25) is 5.32 Å². The first-order valence-electron chi connectivity index (χ1n) is 9.48. The summed E-state index contributed by atoms with van der Waals surface area (Å²) in [7, 11) is 0. The maximum atomic E-state index is 12.9. The molecule has 0 aliphatic rings. The number of nitrogen functional groups attached to an aromatic ring is 1. The molecule has 162 valence electrons. The van der Waals surface area contributed by atoms with Crippen molar-refractivity contribution in [3.8, 4) is 22.7 Å². The molecule has 0 saturated carbocycles. The molecule has 0 atom stereocenters. The van der Waals surface area contributed by atoms with Crippen molar-refractivity contribution in [1.82, 2.24) is 9.78 Å². The lowest BCUT2D eigenvalue weighted by molar-refractivity contribution is -0.137. The van der Waals surface area contributed by atoms with Crippen molar-refractivity contribution in [2.45, 2.75) is 6.18 Å². The molecule has 0 unspecified atom stereocenters. The highest BCUT2D eigenvalue weighted by molar-refractivity contribution is 5.96. The third-order valence-electron chi connectivity index (χ3n) is 4.59. The summed E-state index contributed by atoms with van der Waals surface area (Å²) < 4.78 is 45.2. The smallest absolute Gasteiger partial charge is 0.410 e. The third-order valence-corrected chi connectivity index (χ3v) is 4.59. The summed E-state index contributed by atoms with van der Waals surface area (Å²) >= 11 is 0. The zero-order valence-electron chi connectivity index (χ0n) is 16.5. The van der Waals surface area contributed by atoms with Crippen LogP contribution in [0.4, 0.5) is 29.5 Å². The van der Waals surface area contributed by atoms with Crippen molar-refractivity contribution in [1.29, 1.82) is 0 Å². The molecule has 1 amide bonds. The van der Waals surface area contributed by atoms with Crippen LogP contribution in [-0.4, -0.2) is 15.9 Å². The lowest BCUT2D eigenvalue weighted by Gasteiger charge is -2.09. The molecule has 32 heavy (non-hydrogen) atoms. The Morgan fingerprint density at radius 2 is 1.50 bits per heavy atom. The SMILES string of the molecule is Nc1c(NC(=O)Oc2ccccc2)c(-c2ccccc2)nn1-c1ccc(C(F)(F)F)cc1. The quantitative estimate of drug-likeness (QED) is 0.425. The highest BCUT2D eigenvalue weighted by Crippen LogP contribution is 2.35. The fourth-order valence-electron chi connectivity index (χ4n) is 3.06. The second kappa shape index (κ2) is 8.46. The third kappa shape index (κ3) is 4.41. The van der Waals surface area contributed by atoms with E-state index in [4.69, 9.17) is 10.5 Å². The van der Waals surface area contributed by atoms with Crippen molar-refractivity contribution in [3.05, 3.63) is 90.5 Å². The number of para-hydroxylation sites is 1. The number of nitrogens with zero attached hydrogens (tertiary/aromatic N) is 2. The minimum absolute atomic E-state index is 0.0358. The van der Waals surface area contributed by atoms with Gasteiger partial charge in [0, 0.05) is 5.56 Å². The van der Waals surface area contributed by atoms with E-state index in [2.05, 4.69) is 10.4 Å². The number of ether oxygens (including phenoxy) is 1. The molecule has 0 fully saturated rings. The molecule has 1 aromatic heterocycles. The first kappa shape index (κ1) is 21.0. The van der Waals surface area contributed by atoms with Crippen LogP contribution in [0.1, 0.15) is 5.56 Å². The van der Waals surface area contributed by atoms with Crippen LogP contribution in [0, 0.1) is 0 Å². The molecular formula is C23H17F3N4O2. The Morgan fingerprint density at radius 3 is 2.09 bits per heavy atom. The molecule has 0 bridgehead atoms. The van der Waals surface area contributed by atoms with Crippen molar-refractivity contribution in [2.75, 3.05) is 11.1 Å². The predicted molar refractivity (Wildman–Crippen MR) is 115 cm³/mol. The highest BCUT2D eigenvalue weighted by Gasteiger charge is 2.30. The van der Waals surface area contributed by atoms with Gasteiger partial charge in [-0.15, -0.1) is 0 Å². The Bertz CT molecular complexity index is 1220. The second-order valence-corrected chi connectivity index (χ2v) is 6.76. The number of hydrogen-bond acceptors (Lipinski definition) is 4. The number of amides is 1. The Kier molecular flexibility index (Phi) is 5.55. The topological polar surface area (TPSA) is 82.2 Å². The van der Waals surface area contributed by atoms with Gasteiger partial charge in [-0.1, -0.05) is 48.5 Å². The molecular weight excluding hydrogens is 421 g/mol. The van der Waals surface area contributed by atoms with Crippen LogP contribution in [0.15, 0.2) is 84.9 Å². The molecule has 3 aromatic carbocycles. The first-order chi connectivity index (χ1) is 15.3. The summed E-state index contributed by atoms with van der Waals surface area (Å²) in [4.78, 5) is 12.5. The van der Waals surface area contributed by atoms with Gasteiger partial charge < -0.3 is 10.5 Å². The van der Waals surface area contributed by atoms with E-state index in [1.807, 2.05) is 6.07 Å². The molecule has 3 N–H and O–H groups in total. The normalized spacial score (nSPS) is 11.2. The van der Waals surface area contributed by atoms with Crippen LogP contribution >= 0.6 is 0 Å². The number of anilines is 2. The Hall–Kier alpha value is -4.27. The molecule has 0 radical (unpaired) electrons. The van der Waals surface area contributed by atoms with Crippen LogP contribution < -0.4 is 15.8 Å². The van der Waals surface area contributed by atoms with E-state index in [0.717, 1.165) is 12.1 Å². The van der Waals surface area contributed by atoms with Gasteiger partial charge in [-0.05, 0) is 36.4 Å². The van der Waals surface area contributed by atoms with Gasteiger partial charge in [0.2, 0.25) is 0 Å². The summed E-state index contributed by atoms with van der Waals surface area (Å²) in [5.74, 6) is 0.369. The standard InChI is InChI=1S/C23H17F3N4O2/c24-23(25,26)16-11-13-17(14-12-16)30-21(27)20(19(29-30)15-7-3-1-4-8-15)28-22(31)32-18-9-5-2-6-10-18/h1-14H,27H2,(H,28,31). The molecule has 1 heterocycles. The second-order valence-electron chi connectivity index (χ2n) is 6.76. The average Bonchev–Trinajstić information content (AvgIpc) is 3.10. The zero-order valence-corrected chi connectivity index (χ0v) is 16.5. The van der Waals surface area contributed by atoms with Gasteiger partial charge in [-0.25, -0.2) is 9.48 Å². The summed E-state index contributed by atoms with van der Waals surface area (Å²) in [6, 6.07) is 21.8. The number of halogens is 3. The van der Waals surface area contributed by atoms with Crippen molar-refractivity contribution in [2.24, 2.45) is 0 Å². The van der Waals surface area contributed by atoms with Gasteiger partial charge in [-0.2, -0.15) is 18.3 Å². The Balaban J connectivity index is 1.72. The fraction of sp³-hybridized carbons (Fsp3) is 0.0435. The molecule has 0 saturated heterocycles. The number of rotatable bonds is 4. The number of hydrogen-bond donors (Lipinski definition) is 2. The molecule has 4 aromatic rings. The number of nitrogens with one attached hydrogen (secondary N) is 1. The number of carbonyl (C=O) groups is 1. The maximum Gasteiger partial charge on any atom is 0.417 e. The molecule has 0 aliphatic carbocycles. The fourth-order valence-corrected chi connectivity index (χ4v) is 3.06. The van der Waals surface area contributed by atoms with Gasteiger partial charge in [0.1, 0.15) is 17.1 Å². The summed E-state index contributed by atoms with van der Waals surface area (Å²) in [5, 5.41) is 7.04. The van der Waals surface area contributed by atoms with Crippen LogP contribution in [0.25, 0.3) is 16.9 Å². The van der Waals surface area contributed by atoms with Crippen LogP contribution in [0.5, 0.6) is 5.75 Å². The molecule has 0 spiro atoms. The van der Waals surface area contributed by atoms with Crippen LogP contribution in [0.3, 0.4) is 0 Å². The summed E-state index contributed by atoms with van der Waals surface area (Å²) in [6.45, 7) is 0. The zero-order chi connectivity index (χ0) is 22.7. The molecule has 9 heteroatoms. The van der Waals surface area contributed by atoms with Gasteiger partial charge in [0.05, 0.1) is 11.3 Å². The van der Waals surface area contributed by atoms with E-state index in [1.54, 1.807) is 54.6 Å². The predicted octanol–water partition coefficient (Wildman–Crippen LogP) is 5.75. The largest absolute Gasteiger partial charge is 0.417 e. The number of nitrogens with two attached hydrogens (primary N) is 1. The first-order valence-corrected chi connectivity index (χ1v) is 9.48. The highest BCUT2D eigenvalue weighted by atomic mass is 19.4. The van der Waals surface area contributed by atoms with E-state index < -0.39 is 17.8 Å². The van der Waals surface area contributed by atoms with Gasteiger partial charge in [0.25, 0.3) is 0 Å². The number of alkyl halides is 3. The molecule has 0 aliphatic heterocycles. The summed E-state index contributed by atoms with van der Waals surface area (Å²) in [5.41, 5.74) is 6.93. The van der Waals surface area contributed by atoms with E-state index in [-0.39, 0.29) is 11.5 Å². The molecule has 6 nitrogen and oxygen atoms in total. The Morgan fingerprint density at radius 1 is 0.906 bits per heavy atom. The number of aromatic nitrogens is 2. The van der Waals surface area contributed by atoms with Crippen molar-refractivity contribution in [3.63, 3.8) is 0 Å². The maximum absolute atomic E-state index is 12.9. The lowest BCUT2D eigenvalue weighted by atomic mass is 10.1. The minimum Gasteiger partial charge on any atom is -0.410 e. The lowest BCUT2D eigenvalue weighted by Crippen LogP contribution is -2.18. The minimum atomic E-state index is -4.46. The number of benzene rings is 3. The van der Waals surface area contributed by atoms with E-state index in [9.17, 15) is 18.0 Å². The molecule has 4 rings (SSSR count). The summed E-state index contributed by atoms with van der Waals surface area (Å²) in [6.07, 6.45) is -5.25. The Labute approximate surface area is 181 Å². The van der Waals surface area contributed by atoms with Crippen molar-refractivity contribution < 1.29 is 22.7 Å². The van der Waals surface area contributed by atoms with E-state index >= 15 is 0 Å².